The number of thiophene rings is 1. The molecule has 36 heavy (non-hydrogen) atoms. The van der Waals surface area contributed by atoms with E-state index in [4.69, 9.17) is 29.3 Å². The molecule has 2 unspecified atom stereocenters. The molecule has 0 radical (unpaired) electrons. The summed E-state index contributed by atoms with van der Waals surface area (Å²) in [6, 6.07) is 8.18. The molecule has 0 aliphatic carbocycles. The summed E-state index contributed by atoms with van der Waals surface area (Å²) in [4.78, 5) is 25.8. The van der Waals surface area contributed by atoms with Crippen molar-refractivity contribution in [1.82, 2.24) is 9.88 Å². The predicted molar refractivity (Wildman–Crippen MR) is 114 cm³/mol. The van der Waals surface area contributed by atoms with Gasteiger partial charge < -0.3 is 19.7 Å². The van der Waals surface area contributed by atoms with Gasteiger partial charge in [-0.3, -0.25) is 9.88 Å². The fourth-order valence-electron chi connectivity index (χ4n) is 3.46. The normalized spacial score (nSPS) is 21.8. The minimum absolute atomic E-state index is 0.00979. The second kappa shape index (κ2) is 12.4. The molecule has 1 spiro atoms. The van der Waals surface area contributed by atoms with Crippen molar-refractivity contribution in [1.29, 1.82) is 0 Å². The molecule has 2 N–H and O–H groups in total. The van der Waals surface area contributed by atoms with E-state index in [2.05, 4.69) is 27.4 Å². The predicted octanol–water partition coefficient (Wildman–Crippen LogP) is 4.22. The third-order valence-electron chi connectivity index (χ3n) is 4.95. The van der Waals surface area contributed by atoms with Crippen molar-refractivity contribution < 1.29 is 55.6 Å². The summed E-state index contributed by atoms with van der Waals surface area (Å²) in [6.07, 6.45) is -4.42. The number of aliphatic carboxylic acids is 2. The van der Waals surface area contributed by atoms with Crippen LogP contribution in [0.3, 0.4) is 0 Å². The number of carboxylic acids is 2. The van der Waals surface area contributed by atoms with Gasteiger partial charge in [-0.25, -0.2) is 9.59 Å². The van der Waals surface area contributed by atoms with E-state index in [0.29, 0.717) is 6.61 Å². The van der Waals surface area contributed by atoms with Crippen LogP contribution in [0.1, 0.15) is 17.7 Å². The van der Waals surface area contributed by atoms with E-state index >= 15 is 0 Å². The maximum absolute atomic E-state index is 10.6. The van der Waals surface area contributed by atoms with Crippen LogP contribution in [0.5, 0.6) is 5.75 Å². The van der Waals surface area contributed by atoms with E-state index in [1.54, 1.807) is 12.4 Å². The third-order valence-corrected chi connectivity index (χ3v) is 5.81. The Morgan fingerprint density at radius 3 is 2.28 bits per heavy atom. The quantitative estimate of drug-likeness (QED) is 0.551. The number of halogens is 6. The Kier molecular flexibility index (Phi) is 10.1. The summed E-state index contributed by atoms with van der Waals surface area (Å²) < 4.78 is 75.6. The zero-order chi connectivity index (χ0) is 27.0. The van der Waals surface area contributed by atoms with Crippen molar-refractivity contribution in [2.75, 3.05) is 19.7 Å². The van der Waals surface area contributed by atoms with Crippen LogP contribution in [0.25, 0.3) is 0 Å². The maximum Gasteiger partial charge on any atom is 0.490 e. The Bertz CT molecular complexity index is 950. The standard InChI is InChI=1S/C17H20N2O2S.2C2HF3O2/c1-3-14(10-18-6-1)21-15-9-17(20-12-15)5-7-19(13-17)11-16-4-2-8-22-16;2*3-2(4,5)1(6)7/h1-4,6,8,10,15H,5,7,9,11-13H2;2*(H,6,7). The number of carbonyl (C=O) groups is 2. The summed E-state index contributed by atoms with van der Waals surface area (Å²) in [5.41, 5.74) is -0.00979. The average Bonchev–Trinajstić information content (AvgIpc) is 3.52. The first-order valence-corrected chi connectivity index (χ1v) is 11.1. The summed E-state index contributed by atoms with van der Waals surface area (Å²) >= 11 is 1.83. The van der Waals surface area contributed by atoms with Crippen LogP contribution in [-0.4, -0.2) is 75.8 Å². The van der Waals surface area contributed by atoms with Gasteiger partial charge in [0.15, 0.2) is 0 Å². The van der Waals surface area contributed by atoms with Gasteiger partial charge >= 0.3 is 24.3 Å². The lowest BCUT2D eigenvalue weighted by atomic mass is 9.98. The van der Waals surface area contributed by atoms with Gasteiger partial charge in [-0.2, -0.15) is 26.3 Å². The molecule has 0 aromatic carbocycles. The van der Waals surface area contributed by atoms with E-state index < -0.39 is 24.3 Å². The van der Waals surface area contributed by atoms with E-state index in [1.807, 2.05) is 23.5 Å². The Labute approximate surface area is 205 Å². The van der Waals surface area contributed by atoms with E-state index in [9.17, 15) is 26.3 Å². The minimum Gasteiger partial charge on any atom is -0.486 e. The second-order valence-corrected chi connectivity index (χ2v) is 8.80. The van der Waals surface area contributed by atoms with Crippen LogP contribution in [0.2, 0.25) is 0 Å². The summed E-state index contributed by atoms with van der Waals surface area (Å²) in [5, 5.41) is 16.4. The number of pyridine rings is 1. The molecule has 2 aliphatic heterocycles. The van der Waals surface area contributed by atoms with E-state index in [0.717, 1.165) is 38.2 Å². The van der Waals surface area contributed by atoms with E-state index in [-0.39, 0.29) is 11.7 Å². The molecule has 2 fully saturated rings. The van der Waals surface area contributed by atoms with Crippen molar-refractivity contribution >= 4 is 23.3 Å². The number of hydrogen-bond donors (Lipinski definition) is 2. The summed E-state index contributed by atoms with van der Waals surface area (Å²) in [6.45, 7) is 3.84. The lowest BCUT2D eigenvalue weighted by Gasteiger charge is -2.23. The van der Waals surface area contributed by atoms with Gasteiger partial charge in [-0.05, 0) is 30.0 Å². The lowest BCUT2D eigenvalue weighted by molar-refractivity contribution is -0.193. The van der Waals surface area contributed by atoms with Gasteiger partial charge in [0.25, 0.3) is 0 Å². The van der Waals surface area contributed by atoms with Crippen molar-refractivity contribution in [2.45, 2.75) is 43.4 Å². The lowest BCUT2D eigenvalue weighted by Crippen LogP contribution is -2.33. The summed E-state index contributed by atoms with van der Waals surface area (Å²) in [5.74, 6) is -4.68. The topological polar surface area (TPSA) is 109 Å². The van der Waals surface area contributed by atoms with Crippen molar-refractivity contribution in [3.05, 3.63) is 46.9 Å². The number of nitrogens with zero attached hydrogens (tertiary/aromatic N) is 2. The smallest absolute Gasteiger partial charge is 0.486 e. The molecule has 4 heterocycles. The van der Waals surface area contributed by atoms with Crippen molar-refractivity contribution in [2.24, 2.45) is 0 Å². The van der Waals surface area contributed by atoms with Crippen LogP contribution in [-0.2, 0) is 20.9 Å². The molecule has 15 heteroatoms. The highest BCUT2D eigenvalue weighted by atomic mass is 32.1. The first kappa shape index (κ1) is 29.3. The van der Waals surface area contributed by atoms with Gasteiger partial charge in [0.05, 0.1) is 18.4 Å². The molecule has 2 atom stereocenters. The molecule has 0 bridgehead atoms. The largest absolute Gasteiger partial charge is 0.490 e. The van der Waals surface area contributed by atoms with Gasteiger partial charge in [0.1, 0.15) is 11.9 Å². The highest BCUT2D eigenvalue weighted by Gasteiger charge is 2.46. The fourth-order valence-corrected chi connectivity index (χ4v) is 4.20. The van der Waals surface area contributed by atoms with Gasteiger partial charge in [-0.1, -0.05) is 6.07 Å². The monoisotopic (exact) mass is 544 g/mol. The highest BCUT2D eigenvalue weighted by molar-refractivity contribution is 7.09. The Hall–Kier alpha value is -2.91. The fraction of sp³-hybridized carbons (Fsp3) is 0.476. The van der Waals surface area contributed by atoms with E-state index in [1.165, 1.54) is 4.88 Å². The van der Waals surface area contributed by atoms with Crippen LogP contribution in [0.4, 0.5) is 26.3 Å². The molecule has 2 aromatic heterocycles. The number of alkyl halides is 6. The number of likely N-dealkylation sites (tertiary alicyclic amines) is 1. The van der Waals surface area contributed by atoms with Crippen LogP contribution >= 0.6 is 11.3 Å². The molecule has 0 amide bonds. The van der Waals surface area contributed by atoms with Crippen LogP contribution in [0, 0.1) is 0 Å². The van der Waals surface area contributed by atoms with Crippen LogP contribution in [0.15, 0.2) is 42.0 Å². The molecule has 0 saturated carbocycles. The molecule has 8 nitrogen and oxygen atoms in total. The zero-order valence-electron chi connectivity index (χ0n) is 18.5. The summed E-state index contributed by atoms with van der Waals surface area (Å²) in [7, 11) is 0. The second-order valence-electron chi connectivity index (χ2n) is 7.77. The van der Waals surface area contributed by atoms with Gasteiger partial charge in [0.2, 0.25) is 0 Å². The number of aromatic nitrogens is 1. The molecular formula is C21H22F6N2O6S. The third kappa shape index (κ3) is 9.62. The molecule has 4 rings (SSSR count). The molecule has 2 saturated heterocycles. The number of carboxylic acid groups (broad SMARTS) is 2. The first-order chi connectivity index (χ1) is 16.7. The van der Waals surface area contributed by atoms with Crippen molar-refractivity contribution in [3.8, 4) is 5.75 Å². The van der Waals surface area contributed by atoms with Crippen LogP contribution < -0.4 is 4.74 Å². The highest BCUT2D eigenvalue weighted by Crippen LogP contribution is 2.37. The number of hydrogen-bond acceptors (Lipinski definition) is 7. The Morgan fingerprint density at radius 1 is 1.14 bits per heavy atom. The minimum atomic E-state index is -5.08. The van der Waals surface area contributed by atoms with Gasteiger partial charge in [-0.15, -0.1) is 11.3 Å². The first-order valence-electron chi connectivity index (χ1n) is 10.3. The number of rotatable bonds is 4. The zero-order valence-corrected chi connectivity index (χ0v) is 19.3. The van der Waals surface area contributed by atoms with Gasteiger partial charge in [0, 0.05) is 37.1 Å². The average molecular weight is 544 g/mol. The molecular weight excluding hydrogens is 522 g/mol. The molecule has 2 aliphatic rings. The molecule has 2 aromatic rings. The Balaban J connectivity index is 0.000000271. The Morgan fingerprint density at radius 2 is 1.78 bits per heavy atom. The number of ether oxygens (including phenoxy) is 2. The maximum atomic E-state index is 10.6. The van der Waals surface area contributed by atoms with Crippen molar-refractivity contribution in [3.63, 3.8) is 0 Å². The molecule has 200 valence electrons. The SMILES string of the molecule is O=C(O)C(F)(F)F.O=C(O)C(F)(F)F.c1cncc(OC2COC3(CCN(Cc4cccs4)C3)C2)c1.